The molecule has 0 saturated carbocycles. The van der Waals surface area contributed by atoms with Crippen LogP contribution in [0.15, 0.2) is 59.5 Å². The molecular formula is C35H47ClF4N2O7S. The molecule has 0 unspecified atom stereocenters. The van der Waals surface area contributed by atoms with Crippen molar-refractivity contribution in [1.29, 1.82) is 0 Å². The quantitative estimate of drug-likeness (QED) is 0.0854. The van der Waals surface area contributed by atoms with Crippen molar-refractivity contribution in [3.8, 4) is 0 Å². The van der Waals surface area contributed by atoms with E-state index in [1.807, 2.05) is 20.8 Å². The van der Waals surface area contributed by atoms with Gasteiger partial charge in [-0.25, -0.2) is 14.0 Å². The standard InChI is InChI=1S/C35H46F4N2O7S.ClH/c1-22(47-30(43)26(40-7)19-33(2,3)4)29(42)41(8)27(20-34(5,6)36)31(44)48-28(32(45)46-21-24-12-10-9-11-13-24)18-23-14-16-25(17-15-23)49-35(37,38)39;/h9-17,22,26-28,40H,18-21H2,1-8H3;1H/t22-,26+,27+,28-;/m1./s1. The number of benzene rings is 2. The first kappa shape index (κ1) is 44.7. The first-order valence-corrected chi connectivity index (χ1v) is 16.5. The van der Waals surface area contributed by atoms with Gasteiger partial charge in [-0.15, -0.1) is 12.4 Å². The Balaban J connectivity index is 0.0000125. The Morgan fingerprint density at radius 1 is 0.820 bits per heavy atom. The predicted molar refractivity (Wildman–Crippen MR) is 184 cm³/mol. The molecule has 2 aromatic rings. The van der Waals surface area contributed by atoms with Gasteiger partial charge in [0, 0.05) is 24.8 Å². The van der Waals surface area contributed by atoms with Crippen LogP contribution in [0.2, 0.25) is 0 Å². The topological polar surface area (TPSA) is 111 Å². The number of esters is 3. The third kappa shape index (κ3) is 16.1. The highest BCUT2D eigenvalue weighted by molar-refractivity contribution is 8.00. The van der Waals surface area contributed by atoms with Crippen molar-refractivity contribution in [3.63, 3.8) is 0 Å². The smallest absolute Gasteiger partial charge is 0.446 e. The summed E-state index contributed by atoms with van der Waals surface area (Å²) >= 11 is -0.308. The lowest BCUT2D eigenvalue weighted by Crippen LogP contribution is -2.51. The van der Waals surface area contributed by atoms with Gasteiger partial charge in [-0.1, -0.05) is 63.2 Å². The number of amides is 1. The lowest BCUT2D eigenvalue weighted by atomic mass is 9.88. The van der Waals surface area contributed by atoms with Crippen LogP contribution in [-0.4, -0.2) is 78.3 Å². The van der Waals surface area contributed by atoms with Gasteiger partial charge in [-0.3, -0.25) is 9.59 Å². The number of carbonyl (C=O) groups is 4. The normalized spacial score (nSPS) is 14.3. The molecule has 0 bridgehead atoms. The van der Waals surface area contributed by atoms with E-state index in [-0.39, 0.29) is 47.5 Å². The van der Waals surface area contributed by atoms with Gasteiger partial charge in [0.2, 0.25) is 6.10 Å². The molecule has 0 aliphatic carbocycles. The van der Waals surface area contributed by atoms with Crippen molar-refractivity contribution in [3.05, 3.63) is 65.7 Å². The van der Waals surface area contributed by atoms with Crippen LogP contribution in [0.4, 0.5) is 17.6 Å². The number of likely N-dealkylation sites (N-methyl/N-ethyl adjacent to an activating group) is 2. The monoisotopic (exact) mass is 750 g/mol. The Morgan fingerprint density at radius 2 is 1.40 bits per heavy atom. The number of halogens is 5. The van der Waals surface area contributed by atoms with Crippen LogP contribution >= 0.6 is 24.2 Å². The molecule has 2 rings (SSSR count). The van der Waals surface area contributed by atoms with Crippen LogP contribution in [-0.2, 0) is 46.4 Å². The average Bonchev–Trinajstić information content (AvgIpc) is 2.99. The van der Waals surface area contributed by atoms with Crippen molar-refractivity contribution in [1.82, 2.24) is 10.2 Å². The Labute approximate surface area is 301 Å². The molecule has 280 valence electrons. The summed E-state index contributed by atoms with van der Waals surface area (Å²) in [5.74, 6) is -3.59. The zero-order chi connectivity index (χ0) is 37.2. The fourth-order valence-corrected chi connectivity index (χ4v) is 5.30. The van der Waals surface area contributed by atoms with Crippen LogP contribution in [0.1, 0.15) is 65.5 Å². The Bertz CT molecular complexity index is 1400. The third-order valence-corrected chi connectivity index (χ3v) is 7.92. The number of rotatable bonds is 16. The maximum absolute atomic E-state index is 15.0. The second-order valence-corrected chi connectivity index (χ2v) is 14.6. The van der Waals surface area contributed by atoms with Crippen molar-refractivity contribution in [2.45, 2.75) is 108 Å². The SMILES string of the molecule is CN[C@@H](CC(C)(C)C)C(=O)O[C@H](C)C(=O)N(C)[C@@H](CC(C)(C)F)C(=O)O[C@H](Cc1ccc(SC(F)(F)F)cc1)C(=O)OCc1ccccc1.Cl. The molecule has 1 amide bonds. The zero-order valence-electron chi connectivity index (χ0n) is 29.5. The second kappa shape index (κ2) is 19.3. The van der Waals surface area contributed by atoms with Gasteiger partial charge in [-0.2, -0.15) is 13.2 Å². The summed E-state index contributed by atoms with van der Waals surface area (Å²) in [6.45, 7) is 9.38. The lowest BCUT2D eigenvalue weighted by Gasteiger charge is -2.32. The summed E-state index contributed by atoms with van der Waals surface area (Å²) in [6.07, 6.45) is -3.36. The third-order valence-electron chi connectivity index (χ3n) is 7.18. The van der Waals surface area contributed by atoms with Gasteiger partial charge >= 0.3 is 23.4 Å². The molecule has 0 fully saturated rings. The molecule has 15 heteroatoms. The van der Waals surface area contributed by atoms with E-state index in [2.05, 4.69) is 5.32 Å². The molecule has 0 saturated heterocycles. The van der Waals surface area contributed by atoms with Crippen molar-refractivity contribution in [2.24, 2.45) is 5.41 Å². The Hall–Kier alpha value is -3.36. The van der Waals surface area contributed by atoms with Gasteiger partial charge in [0.05, 0.1) is 0 Å². The van der Waals surface area contributed by atoms with E-state index in [0.29, 0.717) is 17.5 Å². The fraction of sp³-hybridized carbons (Fsp3) is 0.543. The summed E-state index contributed by atoms with van der Waals surface area (Å²) in [5, 5.41) is 2.87. The summed E-state index contributed by atoms with van der Waals surface area (Å²) in [4.78, 5) is 54.1. The van der Waals surface area contributed by atoms with Crippen molar-refractivity contribution >= 4 is 48.0 Å². The Morgan fingerprint density at radius 3 is 1.90 bits per heavy atom. The van der Waals surface area contributed by atoms with Crippen LogP contribution in [0.5, 0.6) is 0 Å². The molecular weight excluding hydrogens is 704 g/mol. The molecule has 0 radical (unpaired) electrons. The van der Waals surface area contributed by atoms with Crippen LogP contribution in [0.3, 0.4) is 0 Å². The van der Waals surface area contributed by atoms with Gasteiger partial charge in [-0.05, 0) is 74.7 Å². The van der Waals surface area contributed by atoms with Crippen molar-refractivity contribution in [2.75, 3.05) is 14.1 Å². The molecule has 1 N–H and O–H groups in total. The number of hydrogen-bond donors (Lipinski definition) is 1. The van der Waals surface area contributed by atoms with Gasteiger partial charge in [0.1, 0.15) is 24.4 Å². The minimum absolute atomic E-state index is 0. The first-order valence-electron chi connectivity index (χ1n) is 15.7. The molecule has 0 aromatic heterocycles. The molecule has 0 spiro atoms. The van der Waals surface area contributed by atoms with E-state index in [0.717, 1.165) is 4.90 Å². The fourth-order valence-electron chi connectivity index (χ4n) is 4.76. The highest BCUT2D eigenvalue weighted by Crippen LogP contribution is 2.37. The number of carbonyl (C=O) groups excluding carboxylic acids is 4. The van der Waals surface area contributed by atoms with Crippen LogP contribution in [0.25, 0.3) is 0 Å². The predicted octanol–water partition coefficient (Wildman–Crippen LogP) is 6.84. The highest BCUT2D eigenvalue weighted by Gasteiger charge is 2.39. The molecule has 9 nitrogen and oxygen atoms in total. The van der Waals surface area contributed by atoms with E-state index < -0.39 is 65.7 Å². The summed E-state index contributed by atoms with van der Waals surface area (Å²) in [7, 11) is 2.82. The van der Waals surface area contributed by atoms with Crippen LogP contribution in [0, 0.1) is 5.41 Å². The van der Waals surface area contributed by atoms with E-state index in [4.69, 9.17) is 14.2 Å². The van der Waals surface area contributed by atoms with Crippen LogP contribution < -0.4 is 5.32 Å². The number of alkyl halides is 4. The molecule has 0 aliphatic heterocycles. The van der Waals surface area contributed by atoms with E-state index in [1.54, 1.807) is 37.4 Å². The van der Waals surface area contributed by atoms with E-state index >= 15 is 4.39 Å². The molecule has 50 heavy (non-hydrogen) atoms. The maximum atomic E-state index is 15.0. The number of hydrogen-bond acceptors (Lipinski definition) is 9. The lowest BCUT2D eigenvalue weighted by molar-refractivity contribution is -0.175. The number of nitrogens with zero attached hydrogens (tertiary/aromatic N) is 1. The summed E-state index contributed by atoms with van der Waals surface area (Å²) in [6, 6.07) is 11.5. The minimum atomic E-state index is -4.50. The molecule has 0 aliphatic rings. The van der Waals surface area contributed by atoms with Gasteiger partial charge in [0.15, 0.2) is 6.10 Å². The number of thioether (sulfide) groups is 1. The Kier molecular flexibility index (Phi) is 17.2. The maximum Gasteiger partial charge on any atom is 0.446 e. The number of ether oxygens (including phenoxy) is 3. The molecule has 2 aromatic carbocycles. The first-order chi connectivity index (χ1) is 22.6. The summed E-state index contributed by atoms with van der Waals surface area (Å²) in [5.41, 5.74) is -5.73. The van der Waals surface area contributed by atoms with E-state index in [1.165, 1.54) is 52.1 Å². The zero-order valence-corrected chi connectivity index (χ0v) is 31.1. The molecule has 0 heterocycles. The van der Waals surface area contributed by atoms with Crippen molar-refractivity contribution < 1.29 is 51.0 Å². The largest absolute Gasteiger partial charge is 0.458 e. The van der Waals surface area contributed by atoms with Gasteiger partial charge in [0.25, 0.3) is 5.91 Å². The highest BCUT2D eigenvalue weighted by atomic mass is 35.5. The van der Waals surface area contributed by atoms with Gasteiger partial charge < -0.3 is 24.4 Å². The molecule has 4 atom stereocenters. The second-order valence-electron chi connectivity index (χ2n) is 13.5. The summed E-state index contributed by atoms with van der Waals surface area (Å²) < 4.78 is 69.9. The minimum Gasteiger partial charge on any atom is -0.458 e. The van der Waals surface area contributed by atoms with E-state index in [9.17, 15) is 32.3 Å². The number of nitrogens with one attached hydrogen (secondary N) is 1. The average molecular weight is 751 g/mol.